The number of nitrogens with one attached hydrogen (secondary N) is 1. The first-order valence-corrected chi connectivity index (χ1v) is 11.2. The van der Waals surface area contributed by atoms with Gasteiger partial charge in [-0.15, -0.1) is 0 Å². The number of ether oxygens (including phenoxy) is 1. The first kappa shape index (κ1) is 21.7. The van der Waals surface area contributed by atoms with Crippen molar-refractivity contribution in [2.75, 3.05) is 19.7 Å². The number of hydrogen-bond acceptors (Lipinski definition) is 5. The Labute approximate surface area is 195 Å². The molecule has 2 N–H and O–H groups in total. The molecule has 0 saturated carbocycles. The molecule has 10 heteroatoms. The van der Waals surface area contributed by atoms with Crippen molar-refractivity contribution in [2.24, 2.45) is 0 Å². The van der Waals surface area contributed by atoms with Crippen LogP contribution in [-0.4, -0.2) is 69.9 Å². The van der Waals surface area contributed by atoms with E-state index in [-0.39, 0.29) is 44.4 Å². The SMILES string of the molecule is O=C(NN1CCC(=O)N2CCCC(C(=O)O)N2C1=O)OCC1c2ccccc2-c2ccccc21. The lowest BCUT2D eigenvalue weighted by molar-refractivity contribution is -0.162. The number of carbonyl (C=O) groups is 4. The molecule has 3 aliphatic rings. The molecule has 2 aromatic carbocycles. The van der Waals surface area contributed by atoms with Crippen LogP contribution in [0.3, 0.4) is 0 Å². The van der Waals surface area contributed by atoms with Crippen molar-refractivity contribution >= 4 is 24.0 Å². The Bertz CT molecular complexity index is 1120. The van der Waals surface area contributed by atoms with Crippen LogP contribution in [0.5, 0.6) is 0 Å². The molecule has 1 aliphatic carbocycles. The number of benzene rings is 2. The molecule has 4 amide bonds. The van der Waals surface area contributed by atoms with Crippen molar-refractivity contribution in [3.05, 3.63) is 59.7 Å². The number of rotatable bonds is 4. The first-order valence-electron chi connectivity index (χ1n) is 11.2. The fourth-order valence-corrected chi connectivity index (χ4v) is 4.94. The third-order valence-corrected chi connectivity index (χ3v) is 6.52. The number of hydrazine groups is 2. The number of carboxylic acid groups (broad SMARTS) is 1. The van der Waals surface area contributed by atoms with E-state index in [2.05, 4.69) is 5.43 Å². The van der Waals surface area contributed by atoms with Crippen molar-refractivity contribution in [3.8, 4) is 11.1 Å². The van der Waals surface area contributed by atoms with E-state index in [1.807, 2.05) is 48.5 Å². The second-order valence-electron chi connectivity index (χ2n) is 8.48. The molecule has 10 nitrogen and oxygen atoms in total. The lowest BCUT2D eigenvalue weighted by atomic mass is 9.98. The topological polar surface area (TPSA) is 119 Å². The third kappa shape index (κ3) is 3.70. The summed E-state index contributed by atoms with van der Waals surface area (Å²) in [6.07, 6.45) is -0.186. The molecule has 34 heavy (non-hydrogen) atoms. The molecule has 2 fully saturated rings. The van der Waals surface area contributed by atoms with Gasteiger partial charge in [-0.1, -0.05) is 48.5 Å². The predicted octanol–water partition coefficient (Wildman–Crippen LogP) is 2.56. The molecule has 176 valence electrons. The molecule has 1 atom stereocenters. The summed E-state index contributed by atoms with van der Waals surface area (Å²) in [5, 5.41) is 12.6. The summed E-state index contributed by atoms with van der Waals surface area (Å²) in [6.45, 7) is 0.239. The smallest absolute Gasteiger partial charge is 0.426 e. The minimum atomic E-state index is -1.20. The Kier molecular flexibility index (Phi) is 5.56. The van der Waals surface area contributed by atoms with Gasteiger partial charge in [0.2, 0.25) is 5.91 Å². The Hall–Kier alpha value is -4.08. The van der Waals surface area contributed by atoms with Gasteiger partial charge in [0.25, 0.3) is 0 Å². The van der Waals surface area contributed by atoms with Crippen LogP contribution in [0.15, 0.2) is 48.5 Å². The average molecular weight is 464 g/mol. The molecular weight excluding hydrogens is 440 g/mol. The number of carbonyl (C=O) groups excluding carboxylic acids is 3. The van der Waals surface area contributed by atoms with Gasteiger partial charge in [0, 0.05) is 18.9 Å². The highest BCUT2D eigenvalue weighted by Crippen LogP contribution is 2.44. The van der Waals surface area contributed by atoms with E-state index in [1.54, 1.807) is 0 Å². The van der Waals surface area contributed by atoms with E-state index in [9.17, 15) is 24.3 Å². The molecular formula is C24H24N4O6. The van der Waals surface area contributed by atoms with Gasteiger partial charge in [-0.2, -0.15) is 0 Å². The zero-order valence-corrected chi connectivity index (χ0v) is 18.3. The quantitative estimate of drug-likeness (QED) is 0.718. The minimum Gasteiger partial charge on any atom is -0.480 e. The van der Waals surface area contributed by atoms with Crippen LogP contribution < -0.4 is 5.43 Å². The first-order chi connectivity index (χ1) is 16.5. The normalized spacial score (nSPS) is 19.8. The van der Waals surface area contributed by atoms with Gasteiger partial charge in [0.05, 0.1) is 6.54 Å². The van der Waals surface area contributed by atoms with E-state index in [0.29, 0.717) is 6.42 Å². The fraction of sp³-hybridized carbons (Fsp3) is 0.333. The van der Waals surface area contributed by atoms with E-state index in [4.69, 9.17) is 4.74 Å². The Morgan fingerprint density at radius 2 is 1.65 bits per heavy atom. The maximum atomic E-state index is 13.1. The van der Waals surface area contributed by atoms with Crippen molar-refractivity contribution in [1.82, 2.24) is 20.5 Å². The molecule has 1 unspecified atom stereocenters. The van der Waals surface area contributed by atoms with Crippen LogP contribution >= 0.6 is 0 Å². The summed E-state index contributed by atoms with van der Waals surface area (Å²) in [5.41, 5.74) is 6.71. The van der Waals surface area contributed by atoms with Crippen molar-refractivity contribution in [3.63, 3.8) is 0 Å². The summed E-state index contributed by atoms with van der Waals surface area (Å²) in [4.78, 5) is 49.9. The molecule has 2 saturated heterocycles. The van der Waals surface area contributed by atoms with Crippen LogP contribution in [0.1, 0.15) is 36.3 Å². The van der Waals surface area contributed by atoms with Crippen LogP contribution in [-0.2, 0) is 14.3 Å². The van der Waals surface area contributed by atoms with Crippen LogP contribution in [0.4, 0.5) is 9.59 Å². The summed E-state index contributed by atoms with van der Waals surface area (Å²) < 4.78 is 5.49. The predicted molar refractivity (Wildman–Crippen MR) is 119 cm³/mol. The average Bonchev–Trinajstić information content (AvgIpc) is 3.11. The van der Waals surface area contributed by atoms with E-state index in [1.165, 1.54) is 5.01 Å². The van der Waals surface area contributed by atoms with Crippen molar-refractivity contribution < 1.29 is 29.0 Å². The van der Waals surface area contributed by atoms with Gasteiger partial charge in [-0.25, -0.2) is 34.8 Å². The number of nitrogens with zero attached hydrogens (tertiary/aromatic N) is 3. The summed E-state index contributed by atoms with van der Waals surface area (Å²) in [7, 11) is 0. The van der Waals surface area contributed by atoms with E-state index >= 15 is 0 Å². The number of fused-ring (bicyclic) bond motifs is 4. The number of aliphatic carboxylic acids is 1. The van der Waals surface area contributed by atoms with Crippen LogP contribution in [0, 0.1) is 0 Å². The van der Waals surface area contributed by atoms with Crippen molar-refractivity contribution in [2.45, 2.75) is 31.2 Å². The Morgan fingerprint density at radius 1 is 1.00 bits per heavy atom. The third-order valence-electron chi connectivity index (χ3n) is 6.52. The van der Waals surface area contributed by atoms with E-state index < -0.39 is 24.1 Å². The highest BCUT2D eigenvalue weighted by molar-refractivity contribution is 5.89. The lowest BCUT2D eigenvalue weighted by Gasteiger charge is -2.41. The monoisotopic (exact) mass is 464 g/mol. The summed E-state index contributed by atoms with van der Waals surface area (Å²) >= 11 is 0. The molecule has 0 radical (unpaired) electrons. The van der Waals surface area contributed by atoms with Crippen LogP contribution in [0.2, 0.25) is 0 Å². The highest BCUT2D eigenvalue weighted by atomic mass is 16.6. The zero-order chi connectivity index (χ0) is 23.8. The molecule has 0 aromatic heterocycles. The minimum absolute atomic E-state index is 0.0434. The zero-order valence-electron chi connectivity index (χ0n) is 18.3. The highest BCUT2D eigenvalue weighted by Gasteiger charge is 2.44. The van der Waals surface area contributed by atoms with Gasteiger partial charge in [0.1, 0.15) is 6.61 Å². The van der Waals surface area contributed by atoms with E-state index in [0.717, 1.165) is 32.3 Å². The second-order valence-corrected chi connectivity index (χ2v) is 8.48. The molecule has 2 heterocycles. The maximum Gasteiger partial charge on any atom is 0.426 e. The molecule has 2 aliphatic heterocycles. The van der Waals surface area contributed by atoms with Gasteiger partial charge in [-0.3, -0.25) is 4.79 Å². The second kappa shape index (κ2) is 8.69. The number of amides is 4. The summed E-state index contributed by atoms with van der Waals surface area (Å²) in [5.74, 6) is -1.71. The van der Waals surface area contributed by atoms with Gasteiger partial charge < -0.3 is 9.84 Å². The molecule has 2 aromatic rings. The van der Waals surface area contributed by atoms with Crippen molar-refractivity contribution in [1.29, 1.82) is 0 Å². The number of hydrogen-bond donors (Lipinski definition) is 2. The number of urea groups is 1. The molecule has 0 spiro atoms. The molecule has 0 bridgehead atoms. The fourth-order valence-electron chi connectivity index (χ4n) is 4.94. The van der Waals surface area contributed by atoms with Crippen LogP contribution in [0.25, 0.3) is 11.1 Å². The Balaban J connectivity index is 1.29. The summed E-state index contributed by atoms with van der Waals surface area (Å²) in [6, 6.07) is 13.9. The lowest BCUT2D eigenvalue weighted by Crippen LogP contribution is -2.62. The Morgan fingerprint density at radius 3 is 2.29 bits per heavy atom. The standard InChI is InChI=1S/C24H24N4O6/c29-21-11-13-26(24(33)28-20(22(30)31)10-5-12-27(21)28)25-23(32)34-14-19-17-8-3-1-6-15(17)16-7-2-4-9-18(16)19/h1-4,6-9,19-20H,5,10-14H2,(H,25,32)(H,30,31). The van der Waals surface area contributed by atoms with Gasteiger partial charge >= 0.3 is 18.1 Å². The largest absolute Gasteiger partial charge is 0.480 e. The number of carboxylic acids is 1. The van der Waals surface area contributed by atoms with Gasteiger partial charge in [-0.05, 0) is 35.1 Å². The van der Waals surface area contributed by atoms with Gasteiger partial charge in [0.15, 0.2) is 6.04 Å². The molecule has 5 rings (SSSR count). The maximum absolute atomic E-state index is 13.1.